The highest BCUT2D eigenvalue weighted by molar-refractivity contribution is 5.96. The van der Waals surface area contributed by atoms with Gasteiger partial charge in [0.1, 0.15) is 12.1 Å². The van der Waals surface area contributed by atoms with E-state index in [0.717, 1.165) is 5.69 Å². The Morgan fingerprint density at radius 1 is 1.10 bits per heavy atom. The third-order valence-electron chi connectivity index (χ3n) is 4.18. The molecule has 158 valence electrons. The minimum absolute atomic E-state index is 0.123. The van der Waals surface area contributed by atoms with E-state index in [9.17, 15) is 14.4 Å². The number of hydrogen-bond acceptors (Lipinski definition) is 5. The van der Waals surface area contributed by atoms with Crippen LogP contribution < -0.4 is 5.69 Å². The van der Waals surface area contributed by atoms with E-state index in [2.05, 4.69) is 4.98 Å². The van der Waals surface area contributed by atoms with Crippen molar-refractivity contribution in [3.05, 3.63) is 52.2 Å². The van der Waals surface area contributed by atoms with Crippen LogP contribution in [0.2, 0.25) is 0 Å². The molecule has 1 amide bonds. The lowest BCUT2D eigenvalue weighted by Gasteiger charge is -2.26. The average Bonchev–Trinajstić information content (AvgIpc) is 2.95. The van der Waals surface area contributed by atoms with Crippen molar-refractivity contribution in [2.75, 3.05) is 33.7 Å². The number of nitrogens with zero attached hydrogens (tertiary/aromatic N) is 3. The molecule has 0 saturated carbocycles. The molecule has 1 N–H and O–H groups in total. The maximum Gasteiger partial charge on any atom is 0.330 e. The summed E-state index contributed by atoms with van der Waals surface area (Å²) in [6.45, 7) is 8.08. The zero-order valence-corrected chi connectivity index (χ0v) is 18.0. The summed E-state index contributed by atoms with van der Waals surface area (Å²) in [6.07, 6.45) is 1.63. The smallest absolute Gasteiger partial charge is 0.330 e. The standard InChI is InChI=1S/C21H30N4O4/c1-15-13-22-20(28)25(15)17-9-7-16(8-10-17)19(27)24(12-11-23(5)6)14-18(26)29-21(2,3)4/h7-10,13H,11-12,14H2,1-6H3,(H,22,28). The number of ether oxygens (including phenoxy) is 1. The Kier molecular flexibility index (Phi) is 7.02. The lowest BCUT2D eigenvalue weighted by molar-refractivity contribution is -0.155. The first kappa shape index (κ1) is 22.4. The summed E-state index contributed by atoms with van der Waals surface area (Å²) in [5.74, 6) is -0.710. The van der Waals surface area contributed by atoms with Gasteiger partial charge in [-0.25, -0.2) is 4.79 Å². The third-order valence-corrected chi connectivity index (χ3v) is 4.18. The van der Waals surface area contributed by atoms with Crippen molar-refractivity contribution >= 4 is 11.9 Å². The Morgan fingerprint density at radius 3 is 2.21 bits per heavy atom. The van der Waals surface area contributed by atoms with Crippen LogP contribution in [0.15, 0.2) is 35.3 Å². The summed E-state index contributed by atoms with van der Waals surface area (Å²) >= 11 is 0. The van der Waals surface area contributed by atoms with E-state index in [1.807, 2.05) is 25.9 Å². The molecule has 0 atom stereocenters. The maximum atomic E-state index is 13.0. The molecule has 1 aromatic carbocycles. The Morgan fingerprint density at radius 2 is 1.72 bits per heavy atom. The number of aromatic amines is 1. The predicted octanol–water partition coefficient (Wildman–Crippen LogP) is 1.82. The van der Waals surface area contributed by atoms with Crippen LogP contribution in [-0.2, 0) is 9.53 Å². The van der Waals surface area contributed by atoms with Crippen molar-refractivity contribution in [1.82, 2.24) is 19.4 Å². The van der Waals surface area contributed by atoms with Gasteiger partial charge in [0.25, 0.3) is 5.91 Å². The number of carbonyl (C=O) groups is 2. The molecule has 0 aliphatic heterocycles. The fraction of sp³-hybridized carbons (Fsp3) is 0.476. The molecule has 0 aliphatic carbocycles. The van der Waals surface area contributed by atoms with Crippen LogP contribution in [-0.4, -0.2) is 70.6 Å². The van der Waals surface area contributed by atoms with Crippen LogP contribution in [0.25, 0.3) is 5.69 Å². The van der Waals surface area contributed by atoms with Crippen LogP contribution in [0.5, 0.6) is 0 Å². The number of nitrogens with one attached hydrogen (secondary N) is 1. The van der Waals surface area contributed by atoms with Crippen LogP contribution in [0, 0.1) is 6.92 Å². The fourth-order valence-electron chi connectivity index (χ4n) is 2.81. The minimum Gasteiger partial charge on any atom is -0.459 e. The fourth-order valence-corrected chi connectivity index (χ4v) is 2.81. The summed E-state index contributed by atoms with van der Waals surface area (Å²) in [4.78, 5) is 43.3. The van der Waals surface area contributed by atoms with Gasteiger partial charge >= 0.3 is 11.7 Å². The van der Waals surface area contributed by atoms with Gasteiger partial charge in [-0.05, 0) is 66.1 Å². The lowest BCUT2D eigenvalue weighted by atomic mass is 10.1. The normalized spacial score (nSPS) is 11.6. The lowest BCUT2D eigenvalue weighted by Crippen LogP contribution is -2.42. The molecule has 0 spiro atoms. The molecule has 1 heterocycles. The number of aryl methyl sites for hydroxylation is 1. The van der Waals surface area contributed by atoms with E-state index in [0.29, 0.717) is 24.3 Å². The number of benzene rings is 1. The van der Waals surface area contributed by atoms with Crippen molar-refractivity contribution in [3.8, 4) is 5.69 Å². The van der Waals surface area contributed by atoms with Gasteiger partial charge in [-0.15, -0.1) is 0 Å². The van der Waals surface area contributed by atoms with E-state index in [1.165, 1.54) is 9.47 Å². The first-order chi connectivity index (χ1) is 13.5. The van der Waals surface area contributed by atoms with Crippen LogP contribution in [0.3, 0.4) is 0 Å². The Hall–Kier alpha value is -2.87. The number of carbonyl (C=O) groups excluding carboxylic acids is 2. The Labute approximate surface area is 171 Å². The predicted molar refractivity (Wildman–Crippen MR) is 111 cm³/mol. The van der Waals surface area contributed by atoms with Crippen LogP contribution >= 0.6 is 0 Å². The molecular weight excluding hydrogens is 372 g/mol. The van der Waals surface area contributed by atoms with Gasteiger partial charge in [-0.3, -0.25) is 14.2 Å². The molecule has 0 unspecified atom stereocenters. The van der Waals surface area contributed by atoms with E-state index in [-0.39, 0.29) is 18.1 Å². The van der Waals surface area contributed by atoms with Gasteiger partial charge in [0.2, 0.25) is 0 Å². The number of hydrogen-bond donors (Lipinski definition) is 1. The topological polar surface area (TPSA) is 87.6 Å². The van der Waals surface area contributed by atoms with Crippen molar-refractivity contribution in [2.24, 2.45) is 0 Å². The highest BCUT2D eigenvalue weighted by Crippen LogP contribution is 2.13. The number of rotatable bonds is 7. The minimum atomic E-state index is -0.614. The maximum absolute atomic E-state index is 13.0. The summed E-state index contributed by atoms with van der Waals surface area (Å²) in [6, 6.07) is 6.75. The molecule has 2 aromatic rings. The van der Waals surface area contributed by atoms with Gasteiger partial charge in [0, 0.05) is 30.5 Å². The monoisotopic (exact) mass is 402 g/mol. The number of amides is 1. The third kappa shape index (κ3) is 6.32. The molecule has 2 rings (SSSR count). The van der Waals surface area contributed by atoms with Crippen molar-refractivity contribution in [2.45, 2.75) is 33.3 Å². The summed E-state index contributed by atoms with van der Waals surface area (Å²) in [5.41, 5.74) is 1.02. The molecule has 0 radical (unpaired) electrons. The van der Waals surface area contributed by atoms with E-state index in [4.69, 9.17) is 4.74 Å². The Bertz CT molecular complexity index is 904. The zero-order chi connectivity index (χ0) is 21.8. The largest absolute Gasteiger partial charge is 0.459 e. The first-order valence-electron chi connectivity index (χ1n) is 9.51. The van der Waals surface area contributed by atoms with Gasteiger partial charge in [0.05, 0.1) is 5.69 Å². The van der Waals surface area contributed by atoms with Gasteiger partial charge in [-0.1, -0.05) is 0 Å². The molecule has 0 aliphatic rings. The van der Waals surface area contributed by atoms with Crippen molar-refractivity contribution < 1.29 is 14.3 Å². The zero-order valence-electron chi connectivity index (χ0n) is 18.0. The van der Waals surface area contributed by atoms with E-state index >= 15 is 0 Å². The second-order valence-electron chi connectivity index (χ2n) is 8.23. The van der Waals surface area contributed by atoms with Crippen LogP contribution in [0.4, 0.5) is 0 Å². The number of imidazole rings is 1. The molecule has 8 nitrogen and oxygen atoms in total. The number of esters is 1. The quantitative estimate of drug-likeness (QED) is 0.714. The molecule has 0 fully saturated rings. The first-order valence-corrected chi connectivity index (χ1v) is 9.51. The van der Waals surface area contributed by atoms with E-state index < -0.39 is 11.6 Å². The second kappa shape index (κ2) is 9.09. The molecule has 0 bridgehead atoms. The SMILES string of the molecule is Cc1c[nH]c(=O)n1-c1ccc(C(=O)N(CCN(C)C)CC(=O)OC(C)(C)C)cc1. The van der Waals surface area contributed by atoms with E-state index in [1.54, 1.807) is 51.2 Å². The summed E-state index contributed by atoms with van der Waals surface area (Å²) < 4.78 is 6.89. The van der Waals surface area contributed by atoms with Gasteiger partial charge in [0.15, 0.2) is 0 Å². The molecule has 29 heavy (non-hydrogen) atoms. The number of H-pyrrole nitrogens is 1. The number of likely N-dealkylation sites (N-methyl/N-ethyl adjacent to an activating group) is 1. The van der Waals surface area contributed by atoms with Crippen molar-refractivity contribution in [1.29, 1.82) is 0 Å². The van der Waals surface area contributed by atoms with Crippen LogP contribution in [0.1, 0.15) is 36.8 Å². The van der Waals surface area contributed by atoms with Gasteiger partial charge < -0.3 is 19.5 Å². The summed E-state index contributed by atoms with van der Waals surface area (Å²) in [7, 11) is 3.81. The molecular formula is C21H30N4O4. The average molecular weight is 402 g/mol. The summed E-state index contributed by atoms with van der Waals surface area (Å²) in [5, 5.41) is 0. The molecule has 1 aromatic heterocycles. The number of aromatic nitrogens is 2. The highest BCUT2D eigenvalue weighted by atomic mass is 16.6. The second-order valence-corrected chi connectivity index (χ2v) is 8.23. The van der Waals surface area contributed by atoms with Crippen molar-refractivity contribution in [3.63, 3.8) is 0 Å². The van der Waals surface area contributed by atoms with Gasteiger partial charge in [-0.2, -0.15) is 0 Å². The highest BCUT2D eigenvalue weighted by Gasteiger charge is 2.23. The Balaban J connectivity index is 2.21. The molecule has 8 heteroatoms. The molecule has 0 saturated heterocycles.